The molecule has 3 aromatic carbocycles. The molecule has 2 nitrogen and oxygen atoms in total. The zero-order valence-electron chi connectivity index (χ0n) is 26.2. The summed E-state index contributed by atoms with van der Waals surface area (Å²) < 4.78 is 4.87. The van der Waals surface area contributed by atoms with Gasteiger partial charge in [-0.15, -0.1) is 0 Å². The van der Waals surface area contributed by atoms with Crippen LogP contribution >= 0.6 is 0 Å². The van der Waals surface area contributed by atoms with E-state index in [9.17, 15) is 4.79 Å². The van der Waals surface area contributed by atoms with Crippen LogP contribution in [0.5, 0.6) is 0 Å². The molecule has 0 bridgehead atoms. The van der Waals surface area contributed by atoms with Crippen molar-refractivity contribution in [3.05, 3.63) is 94.0 Å². The Kier molecular flexibility index (Phi) is 9.28. The Morgan fingerprint density at radius 2 is 1.55 bits per heavy atom. The van der Waals surface area contributed by atoms with Crippen molar-refractivity contribution >= 4 is 5.97 Å². The molecule has 4 rings (SSSR count). The number of rotatable bonds is 11. The second-order valence-electron chi connectivity index (χ2n) is 13.3. The van der Waals surface area contributed by atoms with E-state index in [4.69, 9.17) is 4.74 Å². The maximum atomic E-state index is 11.8. The topological polar surface area (TPSA) is 26.3 Å². The Bertz CT molecular complexity index is 1320. The minimum Gasteiger partial charge on any atom is -0.469 e. The Labute approximate surface area is 243 Å². The van der Waals surface area contributed by atoms with E-state index in [0.29, 0.717) is 11.8 Å². The summed E-state index contributed by atoms with van der Waals surface area (Å²) >= 11 is 0. The van der Waals surface area contributed by atoms with Crippen molar-refractivity contribution in [3.8, 4) is 11.1 Å². The fraction of sp³-hybridized carbons (Fsp3) is 0.500. The third-order valence-corrected chi connectivity index (χ3v) is 9.72. The third-order valence-electron chi connectivity index (χ3n) is 9.72. The van der Waals surface area contributed by atoms with Gasteiger partial charge in [-0.05, 0) is 114 Å². The Balaban J connectivity index is 1.60. The molecule has 1 fully saturated rings. The molecule has 0 aliphatic heterocycles. The largest absolute Gasteiger partial charge is 0.469 e. The summed E-state index contributed by atoms with van der Waals surface area (Å²) in [6.07, 6.45) is 7.73. The molecule has 0 saturated heterocycles. The van der Waals surface area contributed by atoms with E-state index in [1.807, 2.05) is 12.1 Å². The number of carbonyl (C=O) groups excluding carboxylic acids is 1. The van der Waals surface area contributed by atoms with Crippen molar-refractivity contribution in [2.24, 2.45) is 17.3 Å². The molecule has 1 atom stereocenters. The molecule has 0 N–H and O–H groups in total. The molecule has 40 heavy (non-hydrogen) atoms. The second kappa shape index (κ2) is 12.3. The quantitative estimate of drug-likeness (QED) is 0.227. The Morgan fingerprint density at radius 1 is 0.900 bits per heavy atom. The molecule has 1 aliphatic carbocycles. The number of hydrogen-bond donors (Lipinski definition) is 0. The maximum absolute atomic E-state index is 11.8. The lowest BCUT2D eigenvalue weighted by atomic mass is 9.69. The van der Waals surface area contributed by atoms with Gasteiger partial charge in [-0.3, -0.25) is 4.79 Å². The van der Waals surface area contributed by atoms with Gasteiger partial charge in [0, 0.05) is 5.41 Å². The summed E-state index contributed by atoms with van der Waals surface area (Å²) in [5.41, 5.74) is 10.7. The van der Waals surface area contributed by atoms with E-state index in [2.05, 4.69) is 97.0 Å². The van der Waals surface area contributed by atoms with Crippen LogP contribution in [0.2, 0.25) is 0 Å². The SMILES string of the molecule is CCC(CC)(c1ccc(CCC(C2CC2)C(C)(C)C)c(C)c1)c1ccc(-c2cccc(CC(=O)OC)c2)c(C)c1. The van der Waals surface area contributed by atoms with Crippen molar-refractivity contribution in [2.75, 3.05) is 7.11 Å². The van der Waals surface area contributed by atoms with Gasteiger partial charge in [-0.25, -0.2) is 0 Å². The summed E-state index contributed by atoms with van der Waals surface area (Å²) in [6, 6.07) is 22.6. The summed E-state index contributed by atoms with van der Waals surface area (Å²) in [5.74, 6) is 1.55. The van der Waals surface area contributed by atoms with Crippen molar-refractivity contribution in [2.45, 2.75) is 98.8 Å². The van der Waals surface area contributed by atoms with Gasteiger partial charge in [0.2, 0.25) is 0 Å². The van der Waals surface area contributed by atoms with Gasteiger partial charge in [-0.1, -0.05) is 95.3 Å². The second-order valence-corrected chi connectivity index (χ2v) is 13.3. The van der Waals surface area contributed by atoms with Crippen LogP contribution < -0.4 is 0 Å². The van der Waals surface area contributed by atoms with E-state index < -0.39 is 0 Å². The molecule has 214 valence electrons. The molecule has 3 aromatic rings. The molecule has 1 unspecified atom stereocenters. The van der Waals surface area contributed by atoms with E-state index >= 15 is 0 Å². The molecule has 2 heteroatoms. The first-order valence-electron chi connectivity index (χ1n) is 15.4. The number of hydrogen-bond acceptors (Lipinski definition) is 2. The van der Waals surface area contributed by atoms with Gasteiger partial charge in [0.25, 0.3) is 0 Å². The van der Waals surface area contributed by atoms with Crippen LogP contribution in [0, 0.1) is 31.1 Å². The highest BCUT2D eigenvalue weighted by Gasteiger charge is 2.38. The number of aryl methyl sites for hydroxylation is 3. The number of benzene rings is 3. The molecule has 0 radical (unpaired) electrons. The first kappa shape index (κ1) is 30.1. The highest BCUT2D eigenvalue weighted by molar-refractivity contribution is 5.74. The van der Waals surface area contributed by atoms with Gasteiger partial charge in [-0.2, -0.15) is 0 Å². The highest BCUT2D eigenvalue weighted by atomic mass is 16.5. The molecule has 0 spiro atoms. The minimum absolute atomic E-state index is 0.0126. The van der Waals surface area contributed by atoms with Gasteiger partial charge in [0.1, 0.15) is 0 Å². The minimum atomic E-state index is -0.210. The molecule has 0 heterocycles. The lowest BCUT2D eigenvalue weighted by molar-refractivity contribution is -0.139. The van der Waals surface area contributed by atoms with Crippen molar-refractivity contribution in [1.82, 2.24) is 0 Å². The average Bonchev–Trinajstić information content (AvgIpc) is 3.75. The molecular weight excluding hydrogens is 488 g/mol. The van der Waals surface area contributed by atoms with Crippen LogP contribution in [0.1, 0.15) is 100 Å². The van der Waals surface area contributed by atoms with Gasteiger partial charge < -0.3 is 4.74 Å². The zero-order valence-corrected chi connectivity index (χ0v) is 26.2. The number of carbonyl (C=O) groups is 1. The predicted octanol–water partition coefficient (Wildman–Crippen LogP) is 9.80. The monoisotopic (exact) mass is 538 g/mol. The molecule has 1 aliphatic rings. The maximum Gasteiger partial charge on any atom is 0.309 e. The zero-order chi connectivity index (χ0) is 29.1. The number of methoxy groups -OCH3 is 1. The fourth-order valence-electron chi connectivity index (χ4n) is 7.07. The predicted molar refractivity (Wildman–Crippen MR) is 169 cm³/mol. The van der Waals surface area contributed by atoms with Crippen LogP contribution in [0.15, 0.2) is 60.7 Å². The molecule has 1 saturated carbocycles. The van der Waals surface area contributed by atoms with Crippen LogP contribution in [0.4, 0.5) is 0 Å². The standard InChI is InChI=1S/C38H50O2/c1-9-38(10-2,32-18-16-29(26(3)22-32)17-21-35(30-14-15-30)37(5,6)7)33-19-20-34(27(4)23-33)31-13-11-12-28(24-31)25-36(39)40-8/h11-13,16,18-20,22-24,30,35H,9-10,14-15,17,21,25H2,1-8H3. The molecule has 0 aromatic heterocycles. The summed E-state index contributed by atoms with van der Waals surface area (Å²) in [6.45, 7) is 16.5. The Hall–Kier alpha value is -2.87. The van der Waals surface area contributed by atoms with Gasteiger partial charge in [0.15, 0.2) is 0 Å². The van der Waals surface area contributed by atoms with Gasteiger partial charge in [0.05, 0.1) is 13.5 Å². The van der Waals surface area contributed by atoms with Crippen molar-refractivity contribution in [1.29, 1.82) is 0 Å². The van der Waals surface area contributed by atoms with Gasteiger partial charge >= 0.3 is 5.97 Å². The smallest absolute Gasteiger partial charge is 0.309 e. The number of ether oxygens (including phenoxy) is 1. The Morgan fingerprint density at radius 3 is 2.10 bits per heavy atom. The lowest BCUT2D eigenvalue weighted by Gasteiger charge is -2.35. The summed E-state index contributed by atoms with van der Waals surface area (Å²) in [4.78, 5) is 11.8. The van der Waals surface area contributed by atoms with Crippen molar-refractivity contribution < 1.29 is 9.53 Å². The first-order chi connectivity index (χ1) is 19.0. The van der Waals surface area contributed by atoms with E-state index in [1.54, 1.807) is 0 Å². The average molecular weight is 539 g/mol. The molecular formula is C38H50O2. The van der Waals surface area contributed by atoms with Crippen LogP contribution in [-0.4, -0.2) is 13.1 Å². The number of esters is 1. The molecule has 0 amide bonds. The van der Waals surface area contributed by atoms with E-state index in [0.717, 1.165) is 35.8 Å². The van der Waals surface area contributed by atoms with Crippen LogP contribution in [-0.2, 0) is 27.8 Å². The lowest BCUT2D eigenvalue weighted by Crippen LogP contribution is -2.26. The third kappa shape index (κ3) is 6.54. The van der Waals surface area contributed by atoms with Crippen LogP contribution in [0.3, 0.4) is 0 Å². The fourth-order valence-corrected chi connectivity index (χ4v) is 7.07. The van der Waals surface area contributed by atoms with Crippen molar-refractivity contribution in [3.63, 3.8) is 0 Å². The first-order valence-corrected chi connectivity index (χ1v) is 15.4. The highest BCUT2D eigenvalue weighted by Crippen LogP contribution is 2.48. The summed E-state index contributed by atoms with van der Waals surface area (Å²) in [5, 5.41) is 0. The van der Waals surface area contributed by atoms with E-state index in [-0.39, 0.29) is 11.4 Å². The summed E-state index contributed by atoms with van der Waals surface area (Å²) in [7, 11) is 1.44. The normalized spacial score (nSPS) is 14.7. The van der Waals surface area contributed by atoms with Crippen LogP contribution in [0.25, 0.3) is 11.1 Å². The van der Waals surface area contributed by atoms with E-state index in [1.165, 1.54) is 66.2 Å².